The summed E-state index contributed by atoms with van der Waals surface area (Å²) in [6, 6.07) is 0. The fourth-order valence-electron chi connectivity index (χ4n) is 1.96. The van der Waals surface area contributed by atoms with Gasteiger partial charge in [0.25, 0.3) is 0 Å². The molecular formula is C14H21N5S. The molecule has 20 heavy (non-hydrogen) atoms. The van der Waals surface area contributed by atoms with Gasteiger partial charge in [-0.05, 0) is 20.8 Å². The minimum Gasteiger partial charge on any atom is -0.370 e. The van der Waals surface area contributed by atoms with Gasteiger partial charge in [0.2, 0.25) is 0 Å². The maximum absolute atomic E-state index is 4.49. The lowest BCUT2D eigenvalue weighted by atomic mass is 10.2. The molecule has 0 radical (unpaired) electrons. The normalized spacial score (nSPS) is 12.2. The first kappa shape index (κ1) is 14.7. The summed E-state index contributed by atoms with van der Waals surface area (Å²) in [4.78, 5) is 13.3. The number of nitrogens with one attached hydrogen (secondary N) is 2. The molecule has 1 atom stereocenters. The van der Waals surface area contributed by atoms with Gasteiger partial charge in [-0.1, -0.05) is 6.92 Å². The fraction of sp³-hybridized carbons (Fsp3) is 0.500. The number of aromatic nitrogens is 3. The lowest BCUT2D eigenvalue weighted by Gasteiger charge is -2.15. The highest BCUT2D eigenvalue weighted by Crippen LogP contribution is 2.22. The molecule has 0 fully saturated rings. The van der Waals surface area contributed by atoms with Crippen molar-refractivity contribution in [3.8, 4) is 0 Å². The van der Waals surface area contributed by atoms with E-state index in [1.807, 2.05) is 25.4 Å². The number of thiazole rings is 1. The molecule has 0 aliphatic carbocycles. The van der Waals surface area contributed by atoms with E-state index in [2.05, 4.69) is 39.4 Å². The van der Waals surface area contributed by atoms with Gasteiger partial charge >= 0.3 is 0 Å². The van der Waals surface area contributed by atoms with Gasteiger partial charge < -0.3 is 10.6 Å². The third kappa shape index (κ3) is 3.45. The summed E-state index contributed by atoms with van der Waals surface area (Å²) in [5.41, 5.74) is 1.06. The van der Waals surface area contributed by atoms with Gasteiger partial charge in [-0.25, -0.2) is 15.0 Å². The molecule has 0 aliphatic rings. The molecule has 108 valence electrons. The molecule has 0 bridgehead atoms. The second kappa shape index (κ2) is 6.65. The number of aryl methyl sites for hydroxylation is 1. The first-order valence-corrected chi connectivity index (χ1v) is 7.72. The van der Waals surface area contributed by atoms with Crippen LogP contribution in [0.15, 0.2) is 11.6 Å². The third-order valence-electron chi connectivity index (χ3n) is 3.05. The summed E-state index contributed by atoms with van der Waals surface area (Å²) >= 11 is 1.69. The number of nitrogens with zero attached hydrogens (tertiary/aromatic N) is 3. The lowest BCUT2D eigenvalue weighted by Crippen LogP contribution is -2.14. The second-order valence-electron chi connectivity index (χ2n) is 4.78. The Kier molecular flexibility index (Phi) is 4.89. The molecule has 2 aromatic rings. The molecule has 2 N–H and O–H groups in total. The van der Waals surface area contributed by atoms with E-state index in [4.69, 9.17) is 0 Å². The van der Waals surface area contributed by atoms with Crippen molar-refractivity contribution in [2.75, 3.05) is 23.7 Å². The Morgan fingerprint density at radius 1 is 1.20 bits per heavy atom. The Morgan fingerprint density at radius 3 is 2.50 bits per heavy atom. The molecule has 2 heterocycles. The molecule has 5 nitrogen and oxygen atoms in total. The molecule has 0 amide bonds. The molecular weight excluding hydrogens is 270 g/mol. The van der Waals surface area contributed by atoms with Gasteiger partial charge in [-0.15, -0.1) is 11.3 Å². The van der Waals surface area contributed by atoms with Crippen LogP contribution in [-0.2, 0) is 0 Å². The van der Waals surface area contributed by atoms with Gasteiger partial charge in [-0.2, -0.15) is 0 Å². The second-order valence-corrected chi connectivity index (χ2v) is 5.70. The van der Waals surface area contributed by atoms with E-state index in [9.17, 15) is 0 Å². The Labute approximate surface area is 123 Å². The number of hydrogen-bond donors (Lipinski definition) is 2. The molecule has 2 aromatic heterocycles. The van der Waals surface area contributed by atoms with Crippen LogP contribution in [0.3, 0.4) is 0 Å². The topological polar surface area (TPSA) is 62.7 Å². The molecule has 0 aromatic carbocycles. The van der Waals surface area contributed by atoms with Crippen molar-refractivity contribution >= 4 is 23.0 Å². The predicted octanol–water partition coefficient (Wildman–Crippen LogP) is 3.20. The number of anilines is 2. The zero-order valence-electron chi connectivity index (χ0n) is 12.4. The van der Waals surface area contributed by atoms with Gasteiger partial charge in [0, 0.05) is 36.1 Å². The van der Waals surface area contributed by atoms with E-state index in [0.717, 1.165) is 41.1 Å². The Hall–Kier alpha value is -1.69. The van der Waals surface area contributed by atoms with Crippen molar-refractivity contribution in [1.82, 2.24) is 15.0 Å². The van der Waals surface area contributed by atoms with Gasteiger partial charge in [-0.3, -0.25) is 0 Å². The largest absolute Gasteiger partial charge is 0.370 e. The summed E-state index contributed by atoms with van der Waals surface area (Å²) in [6.45, 7) is 9.85. The monoisotopic (exact) mass is 291 g/mol. The van der Waals surface area contributed by atoms with Crippen LogP contribution in [0, 0.1) is 13.8 Å². The van der Waals surface area contributed by atoms with Crippen LogP contribution in [0.1, 0.15) is 36.2 Å². The average Bonchev–Trinajstić information content (AvgIpc) is 2.95. The van der Waals surface area contributed by atoms with Crippen molar-refractivity contribution in [2.45, 2.75) is 33.6 Å². The summed E-state index contributed by atoms with van der Waals surface area (Å²) in [6.07, 6.45) is 1.85. The molecule has 0 spiro atoms. The highest BCUT2D eigenvalue weighted by molar-refractivity contribution is 7.09. The lowest BCUT2D eigenvalue weighted by molar-refractivity contribution is 0.789. The SMILES string of the molecule is CCNc1nc(C)nc(NCC(C)c2nccs2)c1C. The standard InChI is InChI=1S/C14H21N5S/c1-5-15-12-10(3)13(19-11(4)18-12)17-8-9(2)14-16-6-7-20-14/h6-7,9H,5,8H2,1-4H3,(H2,15,17,18,19). The summed E-state index contributed by atoms with van der Waals surface area (Å²) in [7, 11) is 0. The summed E-state index contributed by atoms with van der Waals surface area (Å²) in [5, 5.41) is 9.84. The van der Waals surface area contributed by atoms with Crippen LogP contribution in [0.25, 0.3) is 0 Å². The van der Waals surface area contributed by atoms with Crippen molar-refractivity contribution < 1.29 is 0 Å². The number of rotatable bonds is 6. The Morgan fingerprint density at radius 2 is 1.90 bits per heavy atom. The van der Waals surface area contributed by atoms with Crippen molar-refractivity contribution in [3.63, 3.8) is 0 Å². The first-order chi connectivity index (χ1) is 9.61. The van der Waals surface area contributed by atoms with Crippen LogP contribution in [0.5, 0.6) is 0 Å². The smallest absolute Gasteiger partial charge is 0.134 e. The number of hydrogen-bond acceptors (Lipinski definition) is 6. The zero-order chi connectivity index (χ0) is 14.5. The van der Waals surface area contributed by atoms with Crippen LogP contribution in [-0.4, -0.2) is 28.0 Å². The highest BCUT2D eigenvalue weighted by atomic mass is 32.1. The first-order valence-electron chi connectivity index (χ1n) is 6.84. The molecule has 0 saturated carbocycles. The van der Waals surface area contributed by atoms with Gasteiger partial charge in [0.05, 0.1) is 5.01 Å². The molecule has 0 saturated heterocycles. The van der Waals surface area contributed by atoms with E-state index < -0.39 is 0 Å². The van der Waals surface area contributed by atoms with E-state index >= 15 is 0 Å². The molecule has 6 heteroatoms. The third-order valence-corrected chi connectivity index (χ3v) is 4.06. The van der Waals surface area contributed by atoms with Crippen LogP contribution >= 0.6 is 11.3 Å². The Balaban J connectivity index is 2.09. The van der Waals surface area contributed by atoms with E-state index in [0.29, 0.717) is 5.92 Å². The van der Waals surface area contributed by atoms with Gasteiger partial charge in [0.1, 0.15) is 17.5 Å². The van der Waals surface area contributed by atoms with Crippen molar-refractivity contribution in [3.05, 3.63) is 28.0 Å². The molecule has 2 rings (SSSR count). The summed E-state index contributed by atoms with van der Waals surface area (Å²) < 4.78 is 0. The molecule has 1 unspecified atom stereocenters. The predicted molar refractivity (Wildman–Crippen MR) is 84.7 cm³/mol. The zero-order valence-corrected chi connectivity index (χ0v) is 13.2. The quantitative estimate of drug-likeness (QED) is 0.855. The highest BCUT2D eigenvalue weighted by Gasteiger charge is 2.12. The maximum Gasteiger partial charge on any atom is 0.134 e. The van der Waals surface area contributed by atoms with Crippen molar-refractivity contribution in [1.29, 1.82) is 0 Å². The fourth-order valence-corrected chi connectivity index (χ4v) is 2.65. The van der Waals surface area contributed by atoms with E-state index in [-0.39, 0.29) is 0 Å². The maximum atomic E-state index is 4.49. The van der Waals surface area contributed by atoms with E-state index in [1.165, 1.54) is 0 Å². The van der Waals surface area contributed by atoms with Crippen molar-refractivity contribution in [2.24, 2.45) is 0 Å². The Bertz CT molecular complexity index is 553. The van der Waals surface area contributed by atoms with Crippen LogP contribution in [0.4, 0.5) is 11.6 Å². The average molecular weight is 291 g/mol. The summed E-state index contributed by atoms with van der Waals surface area (Å²) in [5.74, 6) is 2.95. The molecule has 0 aliphatic heterocycles. The van der Waals surface area contributed by atoms with Gasteiger partial charge in [0.15, 0.2) is 0 Å². The van der Waals surface area contributed by atoms with Crippen LogP contribution in [0.2, 0.25) is 0 Å². The van der Waals surface area contributed by atoms with Crippen LogP contribution < -0.4 is 10.6 Å². The van der Waals surface area contributed by atoms with E-state index in [1.54, 1.807) is 11.3 Å². The minimum atomic E-state index is 0.368. The minimum absolute atomic E-state index is 0.368.